The molecular weight excluding hydrogens is 175 g/mol. The highest BCUT2D eigenvalue weighted by Crippen LogP contribution is 2.44. The second-order valence-electron chi connectivity index (χ2n) is 3.26. The van der Waals surface area contributed by atoms with Crippen LogP contribution in [0.5, 0.6) is 0 Å². The Balaban J connectivity index is 3.18. The first-order valence-electron chi connectivity index (χ1n) is 5.02. The fourth-order valence-electron chi connectivity index (χ4n) is 1.83. The molecule has 0 bridgehead atoms. The van der Waals surface area contributed by atoms with Gasteiger partial charge < -0.3 is 0 Å². The molecule has 1 rings (SSSR count). The lowest BCUT2D eigenvalue weighted by Crippen LogP contribution is -2.09. The standard InChI is InChI=1S/C12H19P/c1-4-13(5-2,6-3)12-10-8-7-9-11-12/h4,7-11H,5-6H2,1-3H3. The van der Waals surface area contributed by atoms with E-state index in [2.05, 4.69) is 56.9 Å². The molecule has 0 aliphatic carbocycles. The molecule has 0 unspecified atom stereocenters. The first-order valence-corrected chi connectivity index (χ1v) is 7.25. The highest BCUT2D eigenvalue weighted by atomic mass is 31.2. The summed E-state index contributed by atoms with van der Waals surface area (Å²) < 4.78 is 0. The zero-order chi connectivity index (χ0) is 9.73. The second-order valence-corrected chi connectivity index (χ2v) is 7.63. The van der Waals surface area contributed by atoms with Crippen LogP contribution in [0.1, 0.15) is 20.8 Å². The molecule has 0 aromatic heterocycles. The van der Waals surface area contributed by atoms with Crippen molar-refractivity contribution < 1.29 is 0 Å². The third kappa shape index (κ3) is 2.06. The average Bonchev–Trinajstić information content (AvgIpc) is 2.23. The highest BCUT2D eigenvalue weighted by Gasteiger charge is 2.12. The minimum Gasteiger partial charge on any atom is -0.0853 e. The quantitative estimate of drug-likeness (QED) is 0.648. The maximum absolute atomic E-state index is 2.45. The van der Waals surface area contributed by atoms with E-state index in [-0.39, 0.29) is 0 Å². The lowest BCUT2D eigenvalue weighted by atomic mass is 10.4. The topological polar surface area (TPSA) is 0 Å². The molecule has 0 saturated heterocycles. The molecular formula is C12H19P. The van der Waals surface area contributed by atoms with Gasteiger partial charge in [0.25, 0.3) is 0 Å². The molecule has 0 radical (unpaired) electrons. The summed E-state index contributed by atoms with van der Waals surface area (Å²) in [5, 5.41) is 1.56. The van der Waals surface area contributed by atoms with Crippen LogP contribution >= 0.6 is 6.89 Å². The van der Waals surface area contributed by atoms with Gasteiger partial charge in [-0.05, 0) is 24.6 Å². The van der Waals surface area contributed by atoms with Crippen LogP contribution in [0.3, 0.4) is 0 Å². The molecule has 1 heteroatoms. The molecule has 0 aliphatic heterocycles. The van der Waals surface area contributed by atoms with E-state index in [1.165, 1.54) is 12.3 Å². The van der Waals surface area contributed by atoms with Gasteiger partial charge in [-0.15, -0.1) is 0 Å². The van der Waals surface area contributed by atoms with Crippen molar-refractivity contribution >= 4 is 18.0 Å². The molecule has 13 heavy (non-hydrogen) atoms. The smallest absolute Gasteiger partial charge is 0.0248 e. The van der Waals surface area contributed by atoms with Gasteiger partial charge in [-0.2, -0.15) is 0 Å². The van der Waals surface area contributed by atoms with Gasteiger partial charge in [-0.3, -0.25) is 0 Å². The van der Waals surface area contributed by atoms with Gasteiger partial charge in [0.05, 0.1) is 0 Å². The Bertz CT molecular complexity index is 290. The maximum atomic E-state index is 2.45. The van der Waals surface area contributed by atoms with Crippen LogP contribution in [-0.2, 0) is 0 Å². The van der Waals surface area contributed by atoms with Crippen molar-refractivity contribution in [2.45, 2.75) is 20.8 Å². The van der Waals surface area contributed by atoms with Crippen LogP contribution in [0.2, 0.25) is 0 Å². The Kier molecular flexibility index (Phi) is 3.81. The molecule has 0 fully saturated rings. The third-order valence-corrected chi connectivity index (χ3v) is 7.47. The number of hydrogen-bond acceptors (Lipinski definition) is 0. The van der Waals surface area contributed by atoms with E-state index in [0.717, 1.165) is 0 Å². The lowest BCUT2D eigenvalue weighted by Gasteiger charge is -2.23. The van der Waals surface area contributed by atoms with E-state index in [9.17, 15) is 0 Å². The van der Waals surface area contributed by atoms with Crippen LogP contribution in [0, 0.1) is 0 Å². The summed E-state index contributed by atoms with van der Waals surface area (Å²) in [5.41, 5.74) is 0. The van der Waals surface area contributed by atoms with Crippen LogP contribution in [0.4, 0.5) is 0 Å². The van der Waals surface area contributed by atoms with Crippen LogP contribution in [0.15, 0.2) is 30.3 Å². The number of benzene rings is 1. The largest absolute Gasteiger partial charge is 0.0853 e. The summed E-state index contributed by atoms with van der Waals surface area (Å²) in [6.07, 6.45) is 2.59. The third-order valence-electron chi connectivity index (χ3n) is 2.89. The average molecular weight is 194 g/mol. The zero-order valence-corrected chi connectivity index (χ0v) is 9.72. The molecule has 0 aliphatic rings. The van der Waals surface area contributed by atoms with Crippen molar-refractivity contribution in [2.24, 2.45) is 0 Å². The van der Waals surface area contributed by atoms with Crippen molar-refractivity contribution in [1.82, 2.24) is 0 Å². The van der Waals surface area contributed by atoms with Gasteiger partial charge in [0, 0.05) is 0 Å². The molecule has 0 N–H and O–H groups in total. The summed E-state index contributed by atoms with van der Waals surface area (Å²) >= 11 is 0. The fraction of sp³-hybridized carbons (Fsp3) is 0.417. The molecule has 1 aromatic rings. The predicted molar refractivity (Wildman–Crippen MR) is 65.8 cm³/mol. The summed E-state index contributed by atoms with van der Waals surface area (Å²) in [6, 6.07) is 11.0. The molecule has 72 valence electrons. The molecule has 1 aromatic carbocycles. The highest BCUT2D eigenvalue weighted by molar-refractivity contribution is 7.81. The van der Waals surface area contributed by atoms with E-state index in [0.29, 0.717) is 0 Å². The number of hydrogen-bond donors (Lipinski definition) is 0. The van der Waals surface area contributed by atoms with E-state index >= 15 is 0 Å². The summed E-state index contributed by atoms with van der Waals surface area (Å²) in [4.78, 5) is 0. The van der Waals surface area contributed by atoms with E-state index in [4.69, 9.17) is 0 Å². The zero-order valence-electron chi connectivity index (χ0n) is 8.83. The van der Waals surface area contributed by atoms with Crippen molar-refractivity contribution in [3.8, 4) is 0 Å². The van der Waals surface area contributed by atoms with Gasteiger partial charge in [-0.25, -0.2) is 0 Å². The first-order chi connectivity index (χ1) is 6.29. The molecule has 0 amide bonds. The fourth-order valence-corrected chi connectivity index (χ4v) is 4.80. The van der Waals surface area contributed by atoms with Gasteiger partial charge in [0.15, 0.2) is 0 Å². The molecule has 0 saturated carbocycles. The normalized spacial score (nSPS) is 11.3. The Morgan fingerprint density at radius 2 is 1.62 bits per heavy atom. The summed E-state index contributed by atoms with van der Waals surface area (Å²) in [6.45, 7) is 5.92. The van der Waals surface area contributed by atoms with Gasteiger partial charge in [0.1, 0.15) is 0 Å². The SMILES string of the molecule is CC=P(CC)(CC)c1ccccc1. The van der Waals surface area contributed by atoms with Crippen molar-refractivity contribution in [1.29, 1.82) is 0 Å². The van der Waals surface area contributed by atoms with Crippen LogP contribution in [0.25, 0.3) is 0 Å². The Labute approximate surface area is 82.0 Å². The number of rotatable bonds is 3. The van der Waals surface area contributed by atoms with Crippen LogP contribution < -0.4 is 5.30 Å². The van der Waals surface area contributed by atoms with Crippen molar-refractivity contribution in [3.63, 3.8) is 0 Å². The predicted octanol–water partition coefficient (Wildman–Crippen LogP) is 3.19. The molecule has 0 spiro atoms. The van der Waals surface area contributed by atoms with E-state index < -0.39 is 6.89 Å². The Morgan fingerprint density at radius 1 is 1.08 bits per heavy atom. The lowest BCUT2D eigenvalue weighted by molar-refractivity contribution is 1.41. The Hall–Kier alpha value is -0.480. The minimum atomic E-state index is -0.916. The minimum absolute atomic E-state index is 0.916. The van der Waals surface area contributed by atoms with Crippen LogP contribution in [-0.4, -0.2) is 18.1 Å². The first kappa shape index (κ1) is 10.6. The van der Waals surface area contributed by atoms with E-state index in [1.54, 1.807) is 5.30 Å². The second kappa shape index (κ2) is 4.67. The summed E-state index contributed by atoms with van der Waals surface area (Å²) in [5.74, 6) is 2.45. The maximum Gasteiger partial charge on any atom is -0.0248 e. The molecule has 0 atom stereocenters. The van der Waals surface area contributed by atoms with Crippen molar-refractivity contribution in [3.05, 3.63) is 30.3 Å². The van der Waals surface area contributed by atoms with Gasteiger partial charge >= 0.3 is 0 Å². The monoisotopic (exact) mass is 194 g/mol. The molecule has 0 nitrogen and oxygen atoms in total. The molecule has 0 heterocycles. The summed E-state index contributed by atoms with van der Waals surface area (Å²) in [7, 11) is 0. The van der Waals surface area contributed by atoms with E-state index in [1.807, 2.05) is 0 Å². The van der Waals surface area contributed by atoms with Gasteiger partial charge in [0.2, 0.25) is 0 Å². The van der Waals surface area contributed by atoms with Crippen molar-refractivity contribution in [2.75, 3.05) is 12.3 Å². The van der Waals surface area contributed by atoms with Gasteiger partial charge in [-0.1, -0.05) is 56.9 Å². The Morgan fingerprint density at radius 3 is 2.00 bits per heavy atom.